The summed E-state index contributed by atoms with van der Waals surface area (Å²) in [4.78, 5) is 65.2. The first kappa shape index (κ1) is 27.2. The standard InChI is InChI=1S/C29H27N3O7S/c1-29(2,3)39-28(37)31-20-25(35)32-21(17(14-40-26(20)32)18-19(30)23(34)22(18)33)27(36)38-24(15-10-6-4-7-11-15)16-12-8-5-9-13-16/h4-13,20,24,26H,14,30H2,1-3H3,(H,31,37)/t20?,26-/m0/s1. The summed E-state index contributed by atoms with van der Waals surface area (Å²) >= 11 is 1.22. The third-order valence-electron chi connectivity index (χ3n) is 6.51. The summed E-state index contributed by atoms with van der Waals surface area (Å²) in [5.74, 6) is -1.36. The number of benzene rings is 2. The van der Waals surface area contributed by atoms with Crippen LogP contribution in [0.2, 0.25) is 0 Å². The van der Waals surface area contributed by atoms with Crippen molar-refractivity contribution in [2.45, 2.75) is 43.9 Å². The maximum Gasteiger partial charge on any atom is 0.408 e. The number of nitrogens with zero attached hydrogens (tertiary/aromatic N) is 1. The van der Waals surface area contributed by atoms with Crippen molar-refractivity contribution < 1.29 is 23.9 Å². The number of thioether (sulfide) groups is 1. The summed E-state index contributed by atoms with van der Waals surface area (Å²) < 4.78 is 11.3. The van der Waals surface area contributed by atoms with E-state index in [0.29, 0.717) is 11.1 Å². The number of β-lactam (4-membered cyclic amide) rings is 1. The molecule has 1 saturated heterocycles. The monoisotopic (exact) mass is 561 g/mol. The topological polar surface area (TPSA) is 145 Å². The Balaban J connectivity index is 1.51. The number of carbonyl (C=O) groups is 3. The van der Waals surface area contributed by atoms with Gasteiger partial charge in [0.1, 0.15) is 22.7 Å². The summed E-state index contributed by atoms with van der Waals surface area (Å²) in [6.07, 6.45) is -1.60. The molecule has 0 bridgehead atoms. The van der Waals surface area contributed by atoms with E-state index < -0.39 is 51.9 Å². The lowest BCUT2D eigenvalue weighted by atomic mass is 9.94. The number of nitrogens with two attached hydrogens (primary N) is 1. The van der Waals surface area contributed by atoms with Crippen LogP contribution >= 0.6 is 11.8 Å². The van der Waals surface area contributed by atoms with Gasteiger partial charge in [-0.1, -0.05) is 60.7 Å². The third kappa shape index (κ3) is 4.88. The number of nitrogens with one attached hydrogen (secondary N) is 1. The Labute approximate surface area is 233 Å². The number of carbonyl (C=O) groups excluding carboxylic acids is 3. The summed E-state index contributed by atoms with van der Waals surface area (Å²) in [6.45, 7) is 5.10. The highest BCUT2D eigenvalue weighted by molar-refractivity contribution is 8.00. The van der Waals surface area contributed by atoms with E-state index >= 15 is 0 Å². The normalized spacial score (nSPS) is 18.8. The van der Waals surface area contributed by atoms with Crippen LogP contribution in [0.1, 0.15) is 43.6 Å². The third-order valence-corrected chi connectivity index (χ3v) is 7.79. The Kier molecular flexibility index (Phi) is 7.01. The van der Waals surface area contributed by atoms with Gasteiger partial charge < -0.3 is 20.5 Å². The molecule has 0 radical (unpaired) electrons. The van der Waals surface area contributed by atoms with Gasteiger partial charge in [-0.05, 0) is 31.9 Å². The zero-order valence-corrected chi connectivity index (χ0v) is 22.8. The van der Waals surface area contributed by atoms with Crippen molar-refractivity contribution in [2.75, 3.05) is 11.5 Å². The average Bonchev–Trinajstić information content (AvgIpc) is 2.94. The quantitative estimate of drug-likeness (QED) is 0.264. The predicted molar refractivity (Wildman–Crippen MR) is 150 cm³/mol. The zero-order chi connectivity index (χ0) is 28.8. The maximum absolute atomic E-state index is 13.9. The van der Waals surface area contributed by atoms with Gasteiger partial charge in [0.05, 0.1) is 11.3 Å². The van der Waals surface area contributed by atoms with Crippen molar-refractivity contribution in [1.82, 2.24) is 10.2 Å². The van der Waals surface area contributed by atoms with Crippen molar-refractivity contribution in [3.8, 4) is 0 Å². The Bertz CT molecular complexity index is 1550. The van der Waals surface area contributed by atoms with E-state index in [9.17, 15) is 24.0 Å². The number of hydrogen-bond donors (Lipinski definition) is 2. The minimum Gasteiger partial charge on any atom is -0.448 e. The van der Waals surface area contributed by atoms with Crippen molar-refractivity contribution in [1.29, 1.82) is 0 Å². The fraction of sp³-hybridized carbons (Fsp3) is 0.276. The minimum atomic E-state index is -0.965. The number of anilines is 1. The number of nitrogen functional groups attached to an aromatic ring is 1. The molecule has 3 N–H and O–H groups in total. The van der Waals surface area contributed by atoms with Gasteiger partial charge in [0.2, 0.25) is 10.9 Å². The summed E-state index contributed by atoms with van der Waals surface area (Å²) in [5, 5.41) is 1.90. The van der Waals surface area contributed by atoms with Crippen LogP contribution in [0.5, 0.6) is 0 Å². The molecule has 0 saturated carbocycles. The fourth-order valence-electron chi connectivity index (χ4n) is 4.69. The largest absolute Gasteiger partial charge is 0.448 e. The van der Waals surface area contributed by atoms with Crippen LogP contribution in [0.3, 0.4) is 0 Å². The SMILES string of the molecule is CC(C)(C)OC(=O)NC1C(=O)N2C(C(=O)OC(c3ccccc3)c3ccccc3)=C(c3c(N)c(=O)c3=O)CS[C@@H]12. The van der Waals surface area contributed by atoms with Crippen LogP contribution in [-0.4, -0.2) is 45.6 Å². The second-order valence-corrected chi connectivity index (χ2v) is 11.5. The van der Waals surface area contributed by atoms with E-state index in [1.807, 2.05) is 60.7 Å². The minimum absolute atomic E-state index is 0.0851. The van der Waals surface area contributed by atoms with E-state index in [1.165, 1.54) is 16.7 Å². The summed E-state index contributed by atoms with van der Waals surface area (Å²) in [5.41, 5.74) is 4.43. The van der Waals surface area contributed by atoms with Crippen molar-refractivity contribution in [3.05, 3.63) is 103 Å². The highest BCUT2D eigenvalue weighted by Crippen LogP contribution is 2.44. The van der Waals surface area contributed by atoms with Crippen LogP contribution in [0.4, 0.5) is 10.5 Å². The van der Waals surface area contributed by atoms with Gasteiger partial charge in [-0.2, -0.15) is 0 Å². The molecule has 206 valence electrons. The van der Waals surface area contributed by atoms with Crippen molar-refractivity contribution in [3.63, 3.8) is 0 Å². The van der Waals surface area contributed by atoms with Gasteiger partial charge in [-0.25, -0.2) is 9.59 Å². The van der Waals surface area contributed by atoms with E-state index in [2.05, 4.69) is 5.32 Å². The Morgan fingerprint density at radius 2 is 1.55 bits per heavy atom. The number of rotatable bonds is 6. The fourth-order valence-corrected chi connectivity index (χ4v) is 6.04. The number of alkyl carbamates (subject to hydrolysis) is 1. The second kappa shape index (κ2) is 10.3. The molecule has 0 aliphatic carbocycles. The van der Waals surface area contributed by atoms with Crippen LogP contribution in [-0.2, 0) is 19.1 Å². The van der Waals surface area contributed by atoms with E-state index in [1.54, 1.807) is 20.8 Å². The molecule has 2 aliphatic rings. The van der Waals surface area contributed by atoms with Crippen LogP contribution < -0.4 is 21.9 Å². The number of ether oxygens (including phenoxy) is 2. The second-order valence-electron chi connectivity index (χ2n) is 10.4. The average molecular weight is 562 g/mol. The molecule has 3 aromatic carbocycles. The van der Waals surface area contributed by atoms with Gasteiger partial charge in [-0.3, -0.25) is 19.3 Å². The molecular formula is C29H27N3O7S. The molecular weight excluding hydrogens is 534 g/mol. The molecule has 40 heavy (non-hydrogen) atoms. The molecule has 2 atom stereocenters. The highest BCUT2D eigenvalue weighted by atomic mass is 32.2. The Morgan fingerprint density at radius 1 is 0.975 bits per heavy atom. The Morgan fingerprint density at radius 3 is 2.08 bits per heavy atom. The van der Waals surface area contributed by atoms with E-state index in [4.69, 9.17) is 15.2 Å². The lowest BCUT2D eigenvalue weighted by Crippen LogP contribution is -2.70. The van der Waals surface area contributed by atoms with Gasteiger partial charge >= 0.3 is 12.1 Å². The molecule has 2 aliphatic heterocycles. The molecule has 1 fully saturated rings. The van der Waals surface area contributed by atoms with Crippen LogP contribution in [0, 0.1) is 0 Å². The molecule has 2 amide bonds. The first-order valence-corrected chi connectivity index (χ1v) is 13.6. The zero-order valence-electron chi connectivity index (χ0n) is 22.0. The smallest absolute Gasteiger partial charge is 0.408 e. The maximum atomic E-state index is 13.9. The lowest BCUT2D eigenvalue weighted by molar-refractivity contribution is -0.153. The van der Waals surface area contributed by atoms with Gasteiger partial charge in [0, 0.05) is 11.3 Å². The van der Waals surface area contributed by atoms with E-state index in [-0.39, 0.29) is 28.3 Å². The molecule has 0 aromatic heterocycles. The van der Waals surface area contributed by atoms with Crippen LogP contribution in [0.25, 0.3) is 5.57 Å². The van der Waals surface area contributed by atoms with Gasteiger partial charge in [0.25, 0.3) is 5.91 Å². The number of hydrogen-bond acceptors (Lipinski definition) is 9. The van der Waals surface area contributed by atoms with Crippen LogP contribution in [0.15, 0.2) is 75.9 Å². The summed E-state index contributed by atoms with van der Waals surface area (Å²) in [7, 11) is 0. The molecule has 2 heterocycles. The van der Waals surface area contributed by atoms with Crippen molar-refractivity contribution in [2.24, 2.45) is 0 Å². The molecule has 3 aromatic rings. The number of fused-ring (bicyclic) bond motifs is 1. The molecule has 11 heteroatoms. The molecule has 1 unspecified atom stereocenters. The van der Waals surface area contributed by atoms with Gasteiger partial charge in [-0.15, -0.1) is 11.8 Å². The van der Waals surface area contributed by atoms with E-state index in [0.717, 1.165) is 0 Å². The highest BCUT2D eigenvalue weighted by Gasteiger charge is 2.55. The van der Waals surface area contributed by atoms with Gasteiger partial charge in [0.15, 0.2) is 6.10 Å². The molecule has 5 rings (SSSR count). The summed E-state index contributed by atoms with van der Waals surface area (Å²) in [6, 6.07) is 17.2. The lowest BCUT2D eigenvalue weighted by Gasteiger charge is -2.49. The number of esters is 1. The molecule has 10 nitrogen and oxygen atoms in total. The first-order valence-electron chi connectivity index (χ1n) is 12.6. The van der Waals surface area contributed by atoms with Crippen molar-refractivity contribution >= 4 is 41.0 Å². The Hall–Kier alpha value is -4.38. The molecule has 0 spiro atoms. The first-order chi connectivity index (χ1) is 19.0. The number of amides is 2. The predicted octanol–water partition coefficient (Wildman–Crippen LogP) is 2.72.